The Balaban J connectivity index is 1.60. The van der Waals surface area contributed by atoms with Crippen molar-refractivity contribution in [1.82, 2.24) is 4.90 Å². The summed E-state index contributed by atoms with van der Waals surface area (Å²) >= 11 is 1.22. The predicted molar refractivity (Wildman–Crippen MR) is 147 cm³/mol. The summed E-state index contributed by atoms with van der Waals surface area (Å²) in [5.41, 5.74) is 1.93. The van der Waals surface area contributed by atoms with Gasteiger partial charge in [0.15, 0.2) is 5.17 Å². The van der Waals surface area contributed by atoms with Crippen LogP contribution in [0.15, 0.2) is 75.0 Å². The van der Waals surface area contributed by atoms with Crippen molar-refractivity contribution in [3.8, 4) is 11.3 Å². The van der Waals surface area contributed by atoms with Gasteiger partial charge in [0.25, 0.3) is 5.91 Å². The molecule has 0 N–H and O–H groups in total. The van der Waals surface area contributed by atoms with Crippen molar-refractivity contribution in [2.24, 2.45) is 4.99 Å². The number of amides is 1. The van der Waals surface area contributed by atoms with Gasteiger partial charge in [0, 0.05) is 18.2 Å². The molecule has 9 heteroatoms. The molecule has 0 spiro atoms. The van der Waals surface area contributed by atoms with Crippen molar-refractivity contribution >= 4 is 46.5 Å². The minimum Gasteiger partial charge on any atom is -0.462 e. The minimum absolute atomic E-state index is 0.198. The SMILES string of the molecule is CCOC(=O)c1cccc(N=C2SC(=Cc3ccc(-c4ccccc4C(=O)OC(C)C)o3)C(=O)N2CC)c1. The predicted octanol–water partition coefficient (Wildman–Crippen LogP) is 6.31. The van der Waals surface area contributed by atoms with Gasteiger partial charge in [-0.2, -0.15) is 0 Å². The van der Waals surface area contributed by atoms with E-state index in [1.54, 1.807) is 86.3 Å². The largest absolute Gasteiger partial charge is 0.462 e. The van der Waals surface area contributed by atoms with Crippen molar-refractivity contribution in [1.29, 1.82) is 0 Å². The lowest BCUT2D eigenvalue weighted by Gasteiger charge is -2.12. The van der Waals surface area contributed by atoms with Crippen molar-refractivity contribution in [3.63, 3.8) is 0 Å². The molecular weight excluding hydrogens is 504 g/mol. The number of hydrogen-bond donors (Lipinski definition) is 0. The van der Waals surface area contributed by atoms with Crippen LogP contribution in [0.3, 0.4) is 0 Å². The van der Waals surface area contributed by atoms with Crippen LogP contribution in [-0.4, -0.2) is 47.2 Å². The van der Waals surface area contributed by atoms with Gasteiger partial charge in [0.2, 0.25) is 0 Å². The standard InChI is InChI=1S/C29H28N2O6S/c1-5-31-26(32)25(38-29(31)30-20-11-9-10-19(16-20)27(33)35-6-2)17-21-14-15-24(37-21)22-12-7-8-13-23(22)28(34)36-18(3)4/h7-18H,5-6H2,1-4H3. The van der Waals surface area contributed by atoms with Gasteiger partial charge in [0.05, 0.1) is 34.4 Å². The van der Waals surface area contributed by atoms with Crippen molar-refractivity contribution < 1.29 is 28.3 Å². The van der Waals surface area contributed by atoms with Gasteiger partial charge in [-0.1, -0.05) is 24.3 Å². The zero-order chi connectivity index (χ0) is 27.2. The van der Waals surface area contributed by atoms with Crippen LogP contribution in [0, 0.1) is 0 Å². The zero-order valence-electron chi connectivity index (χ0n) is 21.6. The smallest absolute Gasteiger partial charge is 0.339 e. The summed E-state index contributed by atoms with van der Waals surface area (Å²) in [5, 5.41) is 0.498. The summed E-state index contributed by atoms with van der Waals surface area (Å²) in [5.74, 6) is -0.105. The first kappa shape index (κ1) is 26.9. The molecule has 0 atom stereocenters. The summed E-state index contributed by atoms with van der Waals surface area (Å²) < 4.78 is 16.4. The second-order valence-corrected chi connectivity index (χ2v) is 9.54. The third kappa shape index (κ3) is 6.06. The average molecular weight is 533 g/mol. The van der Waals surface area contributed by atoms with Gasteiger partial charge in [-0.25, -0.2) is 14.6 Å². The lowest BCUT2D eigenvalue weighted by molar-refractivity contribution is -0.122. The average Bonchev–Trinajstić information content (AvgIpc) is 3.48. The van der Waals surface area contributed by atoms with Gasteiger partial charge in [-0.15, -0.1) is 0 Å². The molecule has 0 aliphatic carbocycles. The van der Waals surface area contributed by atoms with Crippen LogP contribution in [0.4, 0.5) is 5.69 Å². The highest BCUT2D eigenvalue weighted by Gasteiger charge is 2.32. The Morgan fingerprint density at radius 3 is 2.58 bits per heavy atom. The van der Waals surface area contributed by atoms with Crippen LogP contribution < -0.4 is 0 Å². The highest BCUT2D eigenvalue weighted by Crippen LogP contribution is 2.35. The summed E-state index contributed by atoms with van der Waals surface area (Å²) in [4.78, 5) is 44.4. The highest BCUT2D eigenvalue weighted by atomic mass is 32.2. The molecule has 3 aromatic rings. The fraction of sp³-hybridized carbons (Fsp3) is 0.241. The molecule has 1 aromatic heterocycles. The molecule has 1 amide bonds. The molecule has 1 saturated heterocycles. The molecule has 1 aliphatic heterocycles. The van der Waals surface area contributed by atoms with E-state index in [4.69, 9.17) is 13.9 Å². The third-order valence-electron chi connectivity index (χ3n) is 5.44. The molecule has 0 radical (unpaired) electrons. The summed E-state index contributed by atoms with van der Waals surface area (Å²) in [6, 6.07) is 17.3. The van der Waals surface area contributed by atoms with Crippen LogP contribution in [0.5, 0.6) is 0 Å². The Kier molecular flexibility index (Phi) is 8.48. The number of carbonyl (C=O) groups is 3. The quantitative estimate of drug-likeness (QED) is 0.248. The van der Waals surface area contributed by atoms with E-state index < -0.39 is 11.9 Å². The number of esters is 2. The first-order valence-corrected chi connectivity index (χ1v) is 13.1. The van der Waals surface area contributed by atoms with E-state index in [0.717, 1.165) is 0 Å². The molecule has 2 heterocycles. The van der Waals surface area contributed by atoms with E-state index in [9.17, 15) is 14.4 Å². The van der Waals surface area contributed by atoms with Crippen LogP contribution in [-0.2, 0) is 14.3 Å². The van der Waals surface area contributed by atoms with Gasteiger partial charge in [-0.05, 0) is 75.9 Å². The first-order chi connectivity index (χ1) is 18.3. The second-order valence-electron chi connectivity index (χ2n) is 8.53. The lowest BCUT2D eigenvalue weighted by Crippen LogP contribution is -2.28. The van der Waals surface area contributed by atoms with Crippen LogP contribution in [0.2, 0.25) is 0 Å². The van der Waals surface area contributed by atoms with E-state index >= 15 is 0 Å². The molecule has 4 rings (SSSR count). The number of aliphatic imine (C=N–C) groups is 1. The molecule has 1 fully saturated rings. The highest BCUT2D eigenvalue weighted by molar-refractivity contribution is 8.18. The molecule has 0 saturated carbocycles. The number of ether oxygens (including phenoxy) is 2. The maximum absolute atomic E-state index is 13.1. The van der Waals surface area contributed by atoms with Crippen LogP contribution in [0.25, 0.3) is 17.4 Å². The normalized spacial score (nSPS) is 15.5. The summed E-state index contributed by atoms with van der Waals surface area (Å²) in [6.07, 6.45) is 1.41. The fourth-order valence-corrected chi connectivity index (χ4v) is 4.80. The van der Waals surface area contributed by atoms with Gasteiger partial charge in [0.1, 0.15) is 11.5 Å². The number of nitrogens with zero attached hydrogens (tertiary/aromatic N) is 2. The molecule has 0 bridgehead atoms. The number of carbonyl (C=O) groups excluding carboxylic acids is 3. The third-order valence-corrected chi connectivity index (χ3v) is 6.45. The summed E-state index contributed by atoms with van der Waals surface area (Å²) in [6.45, 7) is 7.90. The topological polar surface area (TPSA) is 98.4 Å². The van der Waals surface area contributed by atoms with E-state index in [-0.39, 0.29) is 18.6 Å². The molecule has 0 unspecified atom stereocenters. The van der Waals surface area contributed by atoms with Crippen molar-refractivity contribution in [3.05, 3.63) is 82.5 Å². The Hall–Kier alpha value is -4.11. The van der Waals surface area contributed by atoms with E-state index in [0.29, 0.717) is 50.5 Å². The first-order valence-electron chi connectivity index (χ1n) is 12.3. The molecule has 1 aliphatic rings. The monoisotopic (exact) mass is 532 g/mol. The van der Waals surface area contributed by atoms with E-state index in [1.807, 2.05) is 13.0 Å². The van der Waals surface area contributed by atoms with E-state index in [2.05, 4.69) is 4.99 Å². The van der Waals surface area contributed by atoms with Crippen LogP contribution in [0.1, 0.15) is 54.2 Å². The second kappa shape index (κ2) is 12.0. The van der Waals surface area contributed by atoms with Gasteiger partial charge >= 0.3 is 11.9 Å². The van der Waals surface area contributed by atoms with Crippen molar-refractivity contribution in [2.45, 2.75) is 33.8 Å². The van der Waals surface area contributed by atoms with Gasteiger partial charge < -0.3 is 13.9 Å². The number of furan rings is 1. The Labute approximate surface area is 225 Å². The number of benzene rings is 2. The Morgan fingerprint density at radius 1 is 1.05 bits per heavy atom. The number of thioether (sulfide) groups is 1. The number of rotatable bonds is 8. The lowest BCUT2D eigenvalue weighted by atomic mass is 10.1. The summed E-state index contributed by atoms with van der Waals surface area (Å²) in [7, 11) is 0. The van der Waals surface area contributed by atoms with Crippen molar-refractivity contribution in [2.75, 3.05) is 13.2 Å². The molecule has 38 heavy (non-hydrogen) atoms. The van der Waals surface area contributed by atoms with Crippen LogP contribution >= 0.6 is 11.8 Å². The van der Waals surface area contributed by atoms with E-state index in [1.165, 1.54) is 11.8 Å². The molecule has 2 aromatic carbocycles. The van der Waals surface area contributed by atoms with Gasteiger partial charge in [-0.3, -0.25) is 9.69 Å². The number of amidine groups is 1. The minimum atomic E-state index is -0.431. The maximum Gasteiger partial charge on any atom is 0.339 e. The Bertz CT molecular complexity index is 1420. The number of likely N-dealkylation sites (N-methyl/N-ethyl adjacent to an activating group) is 1. The molecule has 8 nitrogen and oxygen atoms in total. The number of hydrogen-bond acceptors (Lipinski definition) is 8. The fourth-order valence-electron chi connectivity index (χ4n) is 3.76. The Morgan fingerprint density at radius 2 is 1.84 bits per heavy atom. The maximum atomic E-state index is 13.1. The zero-order valence-corrected chi connectivity index (χ0v) is 22.4. The molecule has 196 valence electrons. The molecular formula is C29H28N2O6S.